The van der Waals surface area contributed by atoms with Crippen LogP contribution in [0.15, 0.2) is 34.9 Å². The van der Waals surface area contributed by atoms with E-state index < -0.39 is 0 Å². The van der Waals surface area contributed by atoms with Crippen LogP contribution in [0.5, 0.6) is 0 Å². The summed E-state index contributed by atoms with van der Waals surface area (Å²) in [7, 11) is 0. The molecule has 1 atom stereocenters. The molecule has 0 saturated carbocycles. The lowest BCUT2D eigenvalue weighted by molar-refractivity contribution is 0.595. The lowest BCUT2D eigenvalue weighted by Gasteiger charge is -2.10. The first-order chi connectivity index (χ1) is 8.83. The number of aromatic amines is 1. The predicted octanol–water partition coefficient (Wildman–Crippen LogP) is 3.13. The Morgan fingerprint density at radius 3 is 2.83 bits per heavy atom. The highest BCUT2D eigenvalue weighted by Gasteiger charge is 2.17. The Hall–Kier alpha value is -1.13. The molecule has 0 amide bonds. The molecule has 1 saturated heterocycles. The van der Waals surface area contributed by atoms with E-state index in [2.05, 4.69) is 55.7 Å². The number of aromatic nitrogens is 2. The highest BCUT2D eigenvalue weighted by Crippen LogP contribution is 2.25. The van der Waals surface area contributed by atoms with Crippen molar-refractivity contribution in [2.75, 3.05) is 6.54 Å². The van der Waals surface area contributed by atoms with E-state index >= 15 is 0 Å². The lowest BCUT2D eigenvalue weighted by Crippen LogP contribution is -2.24. The van der Waals surface area contributed by atoms with Crippen molar-refractivity contribution in [2.24, 2.45) is 0 Å². The molecular formula is C14H16BrN3. The summed E-state index contributed by atoms with van der Waals surface area (Å²) < 4.78 is 1.11. The maximum Gasteiger partial charge on any atom is 0.0568 e. The van der Waals surface area contributed by atoms with Gasteiger partial charge < -0.3 is 5.32 Å². The number of H-pyrrole nitrogens is 1. The van der Waals surface area contributed by atoms with E-state index in [1.54, 1.807) is 0 Å². The van der Waals surface area contributed by atoms with Crippen LogP contribution in [0, 0.1) is 0 Å². The van der Waals surface area contributed by atoms with Gasteiger partial charge in [-0.2, -0.15) is 5.10 Å². The molecular weight excluding hydrogens is 290 g/mol. The zero-order valence-electron chi connectivity index (χ0n) is 10.1. The van der Waals surface area contributed by atoms with E-state index in [1.807, 2.05) is 6.20 Å². The fraction of sp³-hybridized carbons (Fsp3) is 0.357. The highest BCUT2D eigenvalue weighted by molar-refractivity contribution is 9.10. The number of hydrogen-bond acceptors (Lipinski definition) is 2. The zero-order chi connectivity index (χ0) is 12.4. The van der Waals surface area contributed by atoms with Crippen molar-refractivity contribution in [3.05, 3.63) is 40.6 Å². The van der Waals surface area contributed by atoms with Crippen LogP contribution < -0.4 is 5.32 Å². The van der Waals surface area contributed by atoms with Gasteiger partial charge in [-0.05, 0) is 37.1 Å². The summed E-state index contributed by atoms with van der Waals surface area (Å²) in [6.45, 7) is 1.15. The molecule has 18 heavy (non-hydrogen) atoms. The normalized spacial score (nSPS) is 19.3. The van der Waals surface area contributed by atoms with Gasteiger partial charge in [-0.1, -0.05) is 28.1 Å². The molecule has 3 rings (SSSR count). The van der Waals surface area contributed by atoms with E-state index in [-0.39, 0.29) is 0 Å². The average molecular weight is 306 g/mol. The number of nitrogens with zero attached hydrogens (tertiary/aromatic N) is 1. The Kier molecular flexibility index (Phi) is 3.48. The van der Waals surface area contributed by atoms with Crippen LogP contribution in [0.25, 0.3) is 11.1 Å². The smallest absolute Gasteiger partial charge is 0.0568 e. The van der Waals surface area contributed by atoms with Crippen molar-refractivity contribution in [3.63, 3.8) is 0 Å². The van der Waals surface area contributed by atoms with Gasteiger partial charge in [-0.15, -0.1) is 0 Å². The van der Waals surface area contributed by atoms with Crippen molar-refractivity contribution >= 4 is 15.9 Å². The van der Waals surface area contributed by atoms with E-state index in [0.29, 0.717) is 6.04 Å². The van der Waals surface area contributed by atoms with Gasteiger partial charge >= 0.3 is 0 Å². The quantitative estimate of drug-likeness (QED) is 0.914. The first kappa shape index (κ1) is 11.9. The summed E-state index contributed by atoms with van der Waals surface area (Å²) in [5, 5.41) is 10.9. The van der Waals surface area contributed by atoms with Gasteiger partial charge in [-0.25, -0.2) is 0 Å². The second kappa shape index (κ2) is 5.24. The maximum absolute atomic E-state index is 4.20. The van der Waals surface area contributed by atoms with Crippen LogP contribution in [0.2, 0.25) is 0 Å². The van der Waals surface area contributed by atoms with Crippen molar-refractivity contribution in [2.45, 2.75) is 25.3 Å². The van der Waals surface area contributed by atoms with Crippen LogP contribution in [0.3, 0.4) is 0 Å². The van der Waals surface area contributed by atoms with Crippen LogP contribution >= 0.6 is 15.9 Å². The maximum atomic E-state index is 4.20. The van der Waals surface area contributed by atoms with Gasteiger partial charge in [0, 0.05) is 28.2 Å². The van der Waals surface area contributed by atoms with Crippen molar-refractivity contribution in [1.82, 2.24) is 15.5 Å². The molecule has 2 aromatic rings. The summed E-state index contributed by atoms with van der Waals surface area (Å²) in [6, 6.07) is 8.99. The Labute approximate surface area is 115 Å². The standard InChI is InChI=1S/C14H16BrN3/c15-11-5-3-10(4-6-11)13-9-17-18-14(13)8-12-2-1-7-16-12/h3-6,9,12,16H,1-2,7-8H2,(H,17,18). The predicted molar refractivity (Wildman–Crippen MR) is 76.5 cm³/mol. The van der Waals surface area contributed by atoms with E-state index in [4.69, 9.17) is 0 Å². The largest absolute Gasteiger partial charge is 0.314 e. The van der Waals surface area contributed by atoms with Crippen molar-refractivity contribution < 1.29 is 0 Å². The first-order valence-corrected chi connectivity index (χ1v) is 7.14. The topological polar surface area (TPSA) is 40.7 Å². The molecule has 1 fully saturated rings. The van der Waals surface area contributed by atoms with Gasteiger partial charge in [0.1, 0.15) is 0 Å². The number of benzene rings is 1. The molecule has 4 heteroatoms. The fourth-order valence-electron chi connectivity index (χ4n) is 2.52. The van der Waals surface area contributed by atoms with Gasteiger partial charge in [0.05, 0.1) is 6.20 Å². The molecule has 1 aliphatic heterocycles. The number of halogens is 1. The molecule has 1 unspecified atom stereocenters. The molecule has 0 radical (unpaired) electrons. The minimum Gasteiger partial charge on any atom is -0.314 e. The van der Waals surface area contributed by atoms with Crippen LogP contribution in [-0.2, 0) is 6.42 Å². The molecule has 3 nitrogen and oxygen atoms in total. The van der Waals surface area contributed by atoms with Crippen LogP contribution in [0.1, 0.15) is 18.5 Å². The SMILES string of the molecule is Brc1ccc(-c2cn[nH]c2CC2CCCN2)cc1. The van der Waals surface area contributed by atoms with E-state index in [0.717, 1.165) is 17.4 Å². The van der Waals surface area contributed by atoms with Crippen molar-refractivity contribution in [3.8, 4) is 11.1 Å². The van der Waals surface area contributed by atoms with E-state index in [9.17, 15) is 0 Å². The molecule has 1 aromatic carbocycles. The third-order valence-electron chi connectivity index (χ3n) is 3.49. The Morgan fingerprint density at radius 1 is 1.28 bits per heavy atom. The molecule has 1 aromatic heterocycles. The summed E-state index contributed by atoms with van der Waals surface area (Å²) in [5.41, 5.74) is 3.67. The van der Waals surface area contributed by atoms with E-state index in [1.165, 1.54) is 29.7 Å². The number of nitrogens with one attached hydrogen (secondary N) is 2. The van der Waals surface area contributed by atoms with Gasteiger partial charge in [-0.3, -0.25) is 5.10 Å². The summed E-state index contributed by atoms with van der Waals surface area (Å²) in [6.07, 6.45) is 5.50. The van der Waals surface area contributed by atoms with Crippen molar-refractivity contribution in [1.29, 1.82) is 0 Å². The Bertz CT molecular complexity index is 512. The molecule has 94 valence electrons. The second-order valence-corrected chi connectivity index (χ2v) is 5.68. The molecule has 0 spiro atoms. The average Bonchev–Trinajstić information content (AvgIpc) is 3.02. The summed E-state index contributed by atoms with van der Waals surface area (Å²) in [5.74, 6) is 0. The van der Waals surface area contributed by atoms with Gasteiger partial charge in [0.2, 0.25) is 0 Å². The molecule has 1 aliphatic rings. The minimum absolute atomic E-state index is 0.597. The van der Waals surface area contributed by atoms with Gasteiger partial charge in [0.25, 0.3) is 0 Å². The fourth-order valence-corrected chi connectivity index (χ4v) is 2.79. The summed E-state index contributed by atoms with van der Waals surface area (Å²) >= 11 is 3.46. The zero-order valence-corrected chi connectivity index (χ0v) is 11.7. The lowest BCUT2D eigenvalue weighted by atomic mass is 10.0. The molecule has 2 heterocycles. The van der Waals surface area contributed by atoms with Gasteiger partial charge in [0.15, 0.2) is 0 Å². The number of hydrogen-bond donors (Lipinski definition) is 2. The molecule has 2 N–H and O–H groups in total. The van der Waals surface area contributed by atoms with Crippen LogP contribution in [0.4, 0.5) is 0 Å². The number of rotatable bonds is 3. The molecule has 0 bridgehead atoms. The summed E-state index contributed by atoms with van der Waals surface area (Å²) in [4.78, 5) is 0. The Balaban J connectivity index is 1.84. The van der Waals surface area contributed by atoms with Crippen LogP contribution in [-0.4, -0.2) is 22.8 Å². The Morgan fingerprint density at radius 2 is 2.11 bits per heavy atom. The minimum atomic E-state index is 0.597. The first-order valence-electron chi connectivity index (χ1n) is 6.34. The monoisotopic (exact) mass is 305 g/mol. The third-order valence-corrected chi connectivity index (χ3v) is 4.02. The molecule has 0 aliphatic carbocycles. The highest BCUT2D eigenvalue weighted by atomic mass is 79.9. The second-order valence-electron chi connectivity index (χ2n) is 4.77. The third kappa shape index (κ3) is 2.49.